The Labute approximate surface area is 144 Å². The van der Waals surface area contributed by atoms with E-state index < -0.39 is 0 Å². The van der Waals surface area contributed by atoms with E-state index in [-0.39, 0.29) is 16.3 Å². The van der Waals surface area contributed by atoms with Crippen molar-refractivity contribution in [3.63, 3.8) is 0 Å². The Morgan fingerprint density at radius 1 is 1.30 bits per heavy atom. The molecule has 5 aliphatic rings. The molecule has 6 rings (SSSR count). The summed E-state index contributed by atoms with van der Waals surface area (Å²) in [6, 6.07) is 3.95. The Bertz CT molecular complexity index is 722. The maximum absolute atomic E-state index is 12.3. The van der Waals surface area contributed by atoms with E-state index in [9.17, 15) is 4.79 Å². The third-order valence-electron chi connectivity index (χ3n) is 5.89. The zero-order chi connectivity index (χ0) is 15.7. The van der Waals surface area contributed by atoms with Gasteiger partial charge in [-0.25, -0.2) is 9.79 Å². The minimum absolute atomic E-state index is 0.0980. The van der Waals surface area contributed by atoms with Gasteiger partial charge in [0.15, 0.2) is 5.70 Å². The number of thiophene rings is 1. The number of carbonyl (C=O) groups is 1. The molecule has 4 fully saturated rings. The fraction of sp³-hybridized carbons (Fsp3) is 0.556. The molecule has 23 heavy (non-hydrogen) atoms. The Hall–Kier alpha value is -1.13. The van der Waals surface area contributed by atoms with Crippen LogP contribution >= 0.6 is 22.9 Å². The molecule has 0 aromatic carbocycles. The molecule has 3 nitrogen and oxygen atoms in total. The molecule has 0 N–H and O–H groups in total. The fourth-order valence-corrected chi connectivity index (χ4v) is 6.89. The monoisotopic (exact) mass is 347 g/mol. The van der Waals surface area contributed by atoms with Crippen LogP contribution < -0.4 is 0 Å². The molecule has 0 saturated heterocycles. The van der Waals surface area contributed by atoms with Crippen molar-refractivity contribution in [2.24, 2.45) is 22.2 Å². The maximum Gasteiger partial charge on any atom is 0.363 e. The summed E-state index contributed by atoms with van der Waals surface area (Å²) in [5.74, 6) is 1.66. The number of esters is 1. The van der Waals surface area contributed by atoms with Gasteiger partial charge in [0.2, 0.25) is 5.90 Å². The fourth-order valence-electron chi connectivity index (χ4n) is 5.55. The first-order valence-electron chi connectivity index (χ1n) is 8.29. The Balaban J connectivity index is 1.51. The van der Waals surface area contributed by atoms with E-state index in [0.717, 1.165) is 37.0 Å². The van der Waals surface area contributed by atoms with Gasteiger partial charge in [0.25, 0.3) is 0 Å². The molecule has 4 atom stereocenters. The van der Waals surface area contributed by atoms with E-state index in [4.69, 9.17) is 16.3 Å². The van der Waals surface area contributed by atoms with Crippen molar-refractivity contribution in [1.29, 1.82) is 0 Å². The highest BCUT2D eigenvalue weighted by molar-refractivity contribution is 7.10. The molecule has 4 saturated carbocycles. The van der Waals surface area contributed by atoms with Gasteiger partial charge >= 0.3 is 5.97 Å². The molecule has 0 radical (unpaired) electrons. The second-order valence-corrected chi connectivity index (χ2v) is 9.52. The van der Waals surface area contributed by atoms with E-state index in [0.29, 0.717) is 23.4 Å². The van der Waals surface area contributed by atoms with E-state index in [1.807, 2.05) is 23.6 Å². The second kappa shape index (κ2) is 4.70. The first-order valence-corrected chi connectivity index (χ1v) is 9.55. The molecule has 1 aliphatic heterocycles. The van der Waals surface area contributed by atoms with Crippen LogP contribution in [0.4, 0.5) is 0 Å². The van der Waals surface area contributed by atoms with Gasteiger partial charge in [-0.2, -0.15) is 0 Å². The number of carbonyl (C=O) groups excluding carboxylic acids is 1. The zero-order valence-electron chi connectivity index (χ0n) is 12.8. The SMILES string of the molecule is O=C1OC(C23C[C@@H]4C[C@@H](CC(Cl)(C4)C2)C3)=N/C1=C\c1cccs1. The standard InChI is InChI=1S/C18H18ClNO2S/c19-18-8-11-4-12(9-18)7-17(6-11,10-18)16-20-14(15(21)22-16)5-13-2-1-3-23-13/h1-3,5,11-12H,4,6-10H2/b14-5-/t11-,12+,17?,18?. The molecule has 120 valence electrons. The molecule has 2 unspecified atom stereocenters. The van der Waals surface area contributed by atoms with Gasteiger partial charge < -0.3 is 4.74 Å². The number of cyclic esters (lactones) is 1. The molecule has 2 heterocycles. The van der Waals surface area contributed by atoms with Crippen LogP contribution in [0.3, 0.4) is 0 Å². The number of ether oxygens (including phenoxy) is 1. The van der Waals surface area contributed by atoms with Crippen molar-refractivity contribution in [3.8, 4) is 0 Å². The maximum atomic E-state index is 12.3. The van der Waals surface area contributed by atoms with Gasteiger partial charge in [-0.1, -0.05) is 6.07 Å². The number of alkyl halides is 1. The summed E-state index contributed by atoms with van der Waals surface area (Å²) in [6.45, 7) is 0. The molecule has 1 aromatic heterocycles. The topological polar surface area (TPSA) is 38.7 Å². The van der Waals surface area contributed by atoms with Gasteiger partial charge in [-0.05, 0) is 67.9 Å². The van der Waals surface area contributed by atoms with Gasteiger partial charge in [-0.3, -0.25) is 0 Å². The molecule has 0 spiro atoms. The lowest BCUT2D eigenvalue weighted by Crippen LogP contribution is -2.56. The molecular formula is C18H18ClNO2S. The van der Waals surface area contributed by atoms with Crippen LogP contribution in [0.25, 0.3) is 6.08 Å². The highest BCUT2D eigenvalue weighted by Crippen LogP contribution is 2.64. The lowest BCUT2D eigenvalue weighted by Gasteiger charge is -2.59. The zero-order valence-corrected chi connectivity index (χ0v) is 14.3. The van der Waals surface area contributed by atoms with Crippen LogP contribution in [0.15, 0.2) is 28.2 Å². The van der Waals surface area contributed by atoms with Crippen LogP contribution in [-0.2, 0) is 9.53 Å². The first-order chi connectivity index (χ1) is 11.0. The summed E-state index contributed by atoms with van der Waals surface area (Å²) in [7, 11) is 0. The average Bonchev–Trinajstić information content (AvgIpc) is 3.07. The van der Waals surface area contributed by atoms with Gasteiger partial charge in [0, 0.05) is 15.2 Å². The van der Waals surface area contributed by atoms with E-state index >= 15 is 0 Å². The summed E-state index contributed by atoms with van der Waals surface area (Å²) >= 11 is 8.48. The van der Waals surface area contributed by atoms with Crippen LogP contribution in [-0.4, -0.2) is 16.7 Å². The minimum Gasteiger partial charge on any atom is -0.406 e. The van der Waals surface area contributed by atoms with E-state index in [1.54, 1.807) is 11.3 Å². The average molecular weight is 348 g/mol. The molecule has 4 aliphatic carbocycles. The summed E-state index contributed by atoms with van der Waals surface area (Å²) in [6.07, 6.45) is 8.42. The van der Waals surface area contributed by atoms with Crippen molar-refractivity contribution < 1.29 is 9.53 Å². The molecule has 4 bridgehead atoms. The highest BCUT2D eigenvalue weighted by Gasteiger charge is 2.60. The van der Waals surface area contributed by atoms with Gasteiger partial charge in [0.1, 0.15) is 0 Å². The number of nitrogens with zero attached hydrogens (tertiary/aromatic N) is 1. The van der Waals surface area contributed by atoms with Crippen molar-refractivity contribution in [1.82, 2.24) is 0 Å². The number of aliphatic imine (C=N–C) groups is 1. The predicted octanol–water partition coefficient (Wildman–Crippen LogP) is 4.62. The largest absolute Gasteiger partial charge is 0.406 e. The van der Waals surface area contributed by atoms with E-state index in [1.165, 1.54) is 6.42 Å². The Morgan fingerprint density at radius 2 is 2.09 bits per heavy atom. The Kier molecular flexibility index (Phi) is 2.91. The van der Waals surface area contributed by atoms with Crippen molar-refractivity contribution in [3.05, 3.63) is 28.1 Å². The summed E-state index contributed by atoms with van der Waals surface area (Å²) < 4.78 is 5.64. The van der Waals surface area contributed by atoms with Crippen LogP contribution in [0.5, 0.6) is 0 Å². The molecule has 0 amide bonds. The van der Waals surface area contributed by atoms with Crippen molar-refractivity contribution in [2.75, 3.05) is 0 Å². The first kappa shape index (κ1) is 14.2. The van der Waals surface area contributed by atoms with Gasteiger partial charge in [0.05, 0.1) is 0 Å². The quantitative estimate of drug-likeness (QED) is 0.444. The summed E-state index contributed by atoms with van der Waals surface area (Å²) in [4.78, 5) is 17.8. The van der Waals surface area contributed by atoms with Crippen LogP contribution in [0, 0.1) is 17.3 Å². The molecule has 5 heteroatoms. The normalized spacial score (nSPS) is 43.1. The van der Waals surface area contributed by atoms with Crippen LogP contribution in [0.1, 0.15) is 43.4 Å². The highest BCUT2D eigenvalue weighted by atomic mass is 35.5. The van der Waals surface area contributed by atoms with Crippen molar-refractivity contribution >= 4 is 40.9 Å². The predicted molar refractivity (Wildman–Crippen MR) is 91.5 cm³/mol. The summed E-state index contributed by atoms with van der Waals surface area (Å²) in [5.41, 5.74) is 0.328. The lowest BCUT2D eigenvalue weighted by molar-refractivity contribution is -0.131. The third-order valence-corrected chi connectivity index (χ3v) is 7.15. The Morgan fingerprint density at radius 3 is 2.74 bits per heavy atom. The van der Waals surface area contributed by atoms with Gasteiger partial charge in [-0.15, -0.1) is 22.9 Å². The number of rotatable bonds is 2. The smallest absolute Gasteiger partial charge is 0.363 e. The summed E-state index contributed by atoms with van der Waals surface area (Å²) in [5, 5.41) is 1.99. The van der Waals surface area contributed by atoms with Crippen molar-refractivity contribution in [2.45, 2.75) is 43.4 Å². The van der Waals surface area contributed by atoms with Crippen LogP contribution in [0.2, 0.25) is 0 Å². The number of halogens is 1. The minimum atomic E-state index is -0.312. The number of hydrogen-bond donors (Lipinski definition) is 0. The number of hydrogen-bond acceptors (Lipinski definition) is 4. The molecular weight excluding hydrogens is 330 g/mol. The second-order valence-electron chi connectivity index (χ2n) is 7.74. The van der Waals surface area contributed by atoms with E-state index in [2.05, 4.69) is 4.99 Å². The molecule has 1 aromatic rings. The third kappa shape index (κ3) is 2.22. The lowest BCUT2D eigenvalue weighted by atomic mass is 9.49.